The minimum atomic E-state index is -4.15. The number of alkyl halides is 3. The summed E-state index contributed by atoms with van der Waals surface area (Å²) in [6.07, 6.45) is -0.182. The van der Waals surface area contributed by atoms with E-state index in [0.717, 1.165) is 19.5 Å². The molecule has 2 heterocycles. The molecule has 21 heavy (non-hydrogen) atoms. The van der Waals surface area contributed by atoms with E-state index >= 15 is 0 Å². The quantitative estimate of drug-likeness (QED) is 0.877. The number of aryl methyl sites for hydroxylation is 1. The molecule has 0 saturated carbocycles. The van der Waals surface area contributed by atoms with Crippen LogP contribution in [0.15, 0.2) is 12.3 Å². The molecule has 0 amide bonds. The van der Waals surface area contributed by atoms with Crippen molar-refractivity contribution in [2.45, 2.75) is 44.3 Å². The van der Waals surface area contributed by atoms with Crippen molar-refractivity contribution in [2.24, 2.45) is 0 Å². The molecule has 1 saturated heterocycles. The topological polar surface area (TPSA) is 41.0 Å². The predicted octanol–water partition coefficient (Wildman–Crippen LogP) is 2.87. The number of likely N-dealkylation sites (tertiary alicyclic amines) is 1. The van der Waals surface area contributed by atoms with Gasteiger partial charge in [0.15, 0.2) is 0 Å². The summed E-state index contributed by atoms with van der Waals surface area (Å²) in [5.41, 5.74) is 0.419. The Morgan fingerprint density at radius 3 is 2.90 bits per heavy atom. The Kier molecular flexibility index (Phi) is 5.39. The third kappa shape index (κ3) is 5.49. The van der Waals surface area contributed by atoms with E-state index in [2.05, 4.69) is 27.2 Å². The molecular weight excluding hydrogens is 281 g/mol. The summed E-state index contributed by atoms with van der Waals surface area (Å²) in [6.45, 7) is 1.87. The van der Waals surface area contributed by atoms with Crippen LogP contribution in [0, 0.1) is 0 Å². The molecule has 2 rings (SSSR count). The highest BCUT2D eigenvalue weighted by Crippen LogP contribution is 2.21. The first kappa shape index (κ1) is 16.0. The summed E-state index contributed by atoms with van der Waals surface area (Å²) in [5.74, 6) is 0.412. The Morgan fingerprint density at radius 2 is 2.24 bits per heavy atom. The summed E-state index contributed by atoms with van der Waals surface area (Å²) in [6, 6.07) is 2.10. The molecule has 4 nitrogen and oxygen atoms in total. The first-order valence-corrected chi connectivity index (χ1v) is 7.27. The lowest BCUT2D eigenvalue weighted by molar-refractivity contribution is -0.134. The molecule has 118 valence electrons. The van der Waals surface area contributed by atoms with E-state index in [1.165, 1.54) is 25.1 Å². The maximum Gasteiger partial charge on any atom is 0.389 e. The van der Waals surface area contributed by atoms with Gasteiger partial charge in [-0.3, -0.25) is 0 Å². The zero-order valence-corrected chi connectivity index (χ0v) is 12.2. The van der Waals surface area contributed by atoms with Crippen LogP contribution >= 0.6 is 0 Å². The van der Waals surface area contributed by atoms with Gasteiger partial charge in [0.1, 0.15) is 0 Å². The number of halogens is 3. The molecule has 1 fully saturated rings. The zero-order chi connectivity index (χ0) is 15.3. The van der Waals surface area contributed by atoms with Gasteiger partial charge in [-0.1, -0.05) is 0 Å². The third-order valence-corrected chi connectivity index (χ3v) is 3.81. The fourth-order valence-corrected chi connectivity index (χ4v) is 2.58. The molecule has 0 radical (unpaired) electrons. The molecule has 1 unspecified atom stereocenters. The van der Waals surface area contributed by atoms with Crippen LogP contribution in [-0.2, 0) is 6.42 Å². The minimum absolute atomic E-state index is 0.105. The van der Waals surface area contributed by atoms with E-state index in [1.807, 2.05) is 0 Å². The standard InChI is InChI=1S/C14H21F3N4/c1-21-10-2-3-12(21)6-9-19-13-18-8-5-11(20-13)4-7-14(15,16)17/h5,8,12H,2-4,6-7,9-10H2,1H3,(H,18,19,20). The van der Waals surface area contributed by atoms with Gasteiger partial charge in [0.25, 0.3) is 0 Å². The van der Waals surface area contributed by atoms with Crippen LogP contribution < -0.4 is 5.32 Å². The molecule has 1 aromatic rings. The van der Waals surface area contributed by atoms with Crippen molar-refractivity contribution in [3.8, 4) is 0 Å². The largest absolute Gasteiger partial charge is 0.389 e. The molecule has 0 aliphatic carbocycles. The number of nitrogens with one attached hydrogen (secondary N) is 1. The summed E-state index contributed by atoms with van der Waals surface area (Å²) in [4.78, 5) is 10.5. The predicted molar refractivity (Wildman–Crippen MR) is 75.2 cm³/mol. The number of hydrogen-bond donors (Lipinski definition) is 1. The summed E-state index contributed by atoms with van der Waals surface area (Å²) < 4.78 is 36.6. The molecule has 0 bridgehead atoms. The van der Waals surface area contributed by atoms with E-state index in [0.29, 0.717) is 17.7 Å². The van der Waals surface area contributed by atoms with Crippen molar-refractivity contribution < 1.29 is 13.2 Å². The third-order valence-electron chi connectivity index (χ3n) is 3.81. The number of hydrogen-bond acceptors (Lipinski definition) is 4. The van der Waals surface area contributed by atoms with Gasteiger partial charge in [0.2, 0.25) is 5.95 Å². The summed E-state index contributed by atoms with van der Waals surface area (Å²) in [7, 11) is 2.12. The molecular formula is C14H21F3N4. The van der Waals surface area contributed by atoms with Crippen LogP contribution in [-0.4, -0.2) is 47.2 Å². The Balaban J connectivity index is 1.78. The molecule has 0 aromatic carbocycles. The maximum atomic E-state index is 12.2. The monoisotopic (exact) mass is 302 g/mol. The molecule has 1 aromatic heterocycles. The van der Waals surface area contributed by atoms with Gasteiger partial charge >= 0.3 is 6.18 Å². The number of nitrogens with zero attached hydrogens (tertiary/aromatic N) is 3. The van der Waals surface area contributed by atoms with E-state index < -0.39 is 12.6 Å². The average molecular weight is 302 g/mol. The first-order valence-electron chi connectivity index (χ1n) is 7.27. The van der Waals surface area contributed by atoms with Crippen LogP contribution in [0.2, 0.25) is 0 Å². The fourth-order valence-electron chi connectivity index (χ4n) is 2.58. The van der Waals surface area contributed by atoms with Crippen LogP contribution in [0.5, 0.6) is 0 Å². The van der Waals surface area contributed by atoms with Crippen molar-refractivity contribution in [3.63, 3.8) is 0 Å². The molecule has 1 atom stereocenters. The lowest BCUT2D eigenvalue weighted by Gasteiger charge is -2.19. The van der Waals surface area contributed by atoms with Crippen molar-refractivity contribution in [1.82, 2.24) is 14.9 Å². The van der Waals surface area contributed by atoms with Gasteiger partial charge in [0, 0.05) is 30.9 Å². The van der Waals surface area contributed by atoms with Crippen molar-refractivity contribution in [3.05, 3.63) is 18.0 Å². The van der Waals surface area contributed by atoms with E-state index in [1.54, 1.807) is 0 Å². The van der Waals surface area contributed by atoms with Gasteiger partial charge < -0.3 is 10.2 Å². The van der Waals surface area contributed by atoms with E-state index in [4.69, 9.17) is 0 Å². The Bertz CT molecular complexity index is 450. The molecule has 1 aliphatic rings. The number of rotatable bonds is 6. The Morgan fingerprint density at radius 1 is 1.43 bits per heavy atom. The fraction of sp³-hybridized carbons (Fsp3) is 0.714. The average Bonchev–Trinajstić information content (AvgIpc) is 2.82. The van der Waals surface area contributed by atoms with Gasteiger partial charge in [-0.15, -0.1) is 0 Å². The second-order valence-electron chi connectivity index (χ2n) is 5.48. The van der Waals surface area contributed by atoms with Crippen molar-refractivity contribution in [2.75, 3.05) is 25.5 Å². The highest BCUT2D eigenvalue weighted by molar-refractivity contribution is 5.25. The second-order valence-corrected chi connectivity index (χ2v) is 5.48. The number of aromatic nitrogens is 2. The highest BCUT2D eigenvalue weighted by Gasteiger charge is 2.26. The SMILES string of the molecule is CN1CCCC1CCNc1nccc(CCC(F)(F)F)n1. The van der Waals surface area contributed by atoms with Gasteiger partial charge in [-0.05, 0) is 45.3 Å². The van der Waals surface area contributed by atoms with Gasteiger partial charge in [-0.2, -0.15) is 13.2 Å². The van der Waals surface area contributed by atoms with Crippen LogP contribution in [0.1, 0.15) is 31.4 Å². The number of anilines is 1. The summed E-state index contributed by atoms with van der Waals surface area (Å²) in [5, 5.41) is 3.10. The van der Waals surface area contributed by atoms with Crippen LogP contribution in [0.3, 0.4) is 0 Å². The molecule has 7 heteroatoms. The van der Waals surface area contributed by atoms with Crippen LogP contribution in [0.4, 0.5) is 19.1 Å². The smallest absolute Gasteiger partial charge is 0.354 e. The lowest BCUT2D eigenvalue weighted by atomic mass is 10.1. The minimum Gasteiger partial charge on any atom is -0.354 e. The molecule has 1 N–H and O–H groups in total. The maximum absolute atomic E-state index is 12.2. The highest BCUT2D eigenvalue weighted by atomic mass is 19.4. The second kappa shape index (κ2) is 7.06. The Hall–Kier alpha value is -1.37. The lowest BCUT2D eigenvalue weighted by Crippen LogP contribution is -2.27. The van der Waals surface area contributed by atoms with E-state index in [9.17, 15) is 13.2 Å². The molecule has 1 aliphatic heterocycles. The van der Waals surface area contributed by atoms with Crippen molar-refractivity contribution >= 4 is 5.95 Å². The Labute approximate surface area is 122 Å². The first-order chi connectivity index (χ1) is 9.94. The summed E-state index contributed by atoms with van der Waals surface area (Å²) >= 11 is 0. The zero-order valence-electron chi connectivity index (χ0n) is 12.2. The van der Waals surface area contributed by atoms with Gasteiger partial charge in [-0.25, -0.2) is 9.97 Å². The molecule has 0 spiro atoms. The normalized spacial score (nSPS) is 19.9. The van der Waals surface area contributed by atoms with Crippen molar-refractivity contribution in [1.29, 1.82) is 0 Å². The van der Waals surface area contributed by atoms with Crippen LogP contribution in [0.25, 0.3) is 0 Å². The van der Waals surface area contributed by atoms with Gasteiger partial charge in [0.05, 0.1) is 0 Å². The van der Waals surface area contributed by atoms with E-state index in [-0.39, 0.29) is 6.42 Å².